The maximum Gasteiger partial charge on any atom is 0.0760 e. The van der Waals surface area contributed by atoms with Crippen molar-refractivity contribution in [3.63, 3.8) is 0 Å². The van der Waals surface area contributed by atoms with E-state index in [9.17, 15) is 0 Å². The summed E-state index contributed by atoms with van der Waals surface area (Å²) in [6.07, 6.45) is 0. The molecule has 2 nitrogen and oxygen atoms in total. The fourth-order valence-electron chi connectivity index (χ4n) is 2.17. The van der Waals surface area contributed by atoms with Gasteiger partial charge in [0, 0.05) is 13.1 Å². The van der Waals surface area contributed by atoms with Gasteiger partial charge in [0.05, 0.1) is 11.2 Å². The predicted molar refractivity (Wildman–Crippen MR) is 46.7 cm³/mol. The molecule has 0 saturated carbocycles. The fourth-order valence-corrected chi connectivity index (χ4v) is 2.17. The number of morpholine rings is 1. The Bertz CT molecular complexity index is 136. The maximum atomic E-state index is 5.89. The van der Waals surface area contributed by atoms with Crippen molar-refractivity contribution in [2.24, 2.45) is 0 Å². The predicted octanol–water partition coefficient (Wildman–Crippen LogP) is 1.51. The molecule has 0 spiro atoms. The van der Waals surface area contributed by atoms with Gasteiger partial charge in [0.1, 0.15) is 0 Å². The first-order chi connectivity index (χ1) is 4.81. The summed E-state index contributed by atoms with van der Waals surface area (Å²) in [7, 11) is 2.14. The molecular formula is C9H19NO. The van der Waals surface area contributed by atoms with Crippen LogP contribution in [0.1, 0.15) is 27.7 Å². The SMILES string of the molecule is CN1CC(C)(C)OC(C)(C)C1. The van der Waals surface area contributed by atoms with Gasteiger partial charge in [-0.15, -0.1) is 0 Å². The number of hydrogen-bond donors (Lipinski definition) is 0. The monoisotopic (exact) mass is 157 g/mol. The summed E-state index contributed by atoms with van der Waals surface area (Å²) in [6.45, 7) is 10.6. The Morgan fingerprint density at radius 3 is 1.64 bits per heavy atom. The third-order valence-corrected chi connectivity index (χ3v) is 1.85. The lowest BCUT2D eigenvalue weighted by Gasteiger charge is -2.45. The molecule has 1 rings (SSSR count). The normalized spacial score (nSPS) is 30.3. The van der Waals surface area contributed by atoms with Crippen LogP contribution in [0.4, 0.5) is 0 Å². The van der Waals surface area contributed by atoms with Gasteiger partial charge in [-0.05, 0) is 34.7 Å². The van der Waals surface area contributed by atoms with Gasteiger partial charge in [0.15, 0.2) is 0 Å². The Hall–Kier alpha value is -0.0800. The molecule has 0 aromatic rings. The van der Waals surface area contributed by atoms with E-state index in [1.165, 1.54) is 0 Å². The zero-order valence-corrected chi connectivity index (χ0v) is 8.27. The zero-order chi connectivity index (χ0) is 8.70. The lowest BCUT2D eigenvalue weighted by atomic mass is 10.00. The average Bonchev–Trinajstić information content (AvgIpc) is 1.49. The van der Waals surface area contributed by atoms with Gasteiger partial charge in [-0.25, -0.2) is 0 Å². The van der Waals surface area contributed by atoms with Crippen LogP contribution in [0.25, 0.3) is 0 Å². The Morgan fingerprint density at radius 1 is 1.00 bits per heavy atom. The van der Waals surface area contributed by atoms with Crippen LogP contribution < -0.4 is 0 Å². The molecule has 1 aliphatic rings. The molecule has 11 heavy (non-hydrogen) atoms. The smallest absolute Gasteiger partial charge is 0.0760 e. The van der Waals surface area contributed by atoms with Crippen molar-refractivity contribution in [1.82, 2.24) is 4.90 Å². The zero-order valence-electron chi connectivity index (χ0n) is 8.27. The van der Waals surface area contributed by atoms with Crippen molar-refractivity contribution in [2.45, 2.75) is 38.9 Å². The van der Waals surface area contributed by atoms with Crippen molar-refractivity contribution in [3.8, 4) is 0 Å². The second-order valence-corrected chi connectivity index (χ2v) is 4.79. The highest BCUT2D eigenvalue weighted by molar-refractivity contribution is 4.87. The summed E-state index contributed by atoms with van der Waals surface area (Å²) < 4.78 is 5.89. The highest BCUT2D eigenvalue weighted by Gasteiger charge is 2.36. The highest BCUT2D eigenvalue weighted by atomic mass is 16.5. The van der Waals surface area contributed by atoms with Crippen molar-refractivity contribution < 1.29 is 4.74 Å². The third kappa shape index (κ3) is 2.46. The lowest BCUT2D eigenvalue weighted by Crippen LogP contribution is -2.55. The van der Waals surface area contributed by atoms with Gasteiger partial charge in [-0.2, -0.15) is 0 Å². The van der Waals surface area contributed by atoms with Crippen molar-refractivity contribution in [1.29, 1.82) is 0 Å². The minimum absolute atomic E-state index is 0.0104. The number of rotatable bonds is 0. The van der Waals surface area contributed by atoms with Crippen LogP contribution in [-0.2, 0) is 4.74 Å². The molecule has 0 N–H and O–H groups in total. The van der Waals surface area contributed by atoms with Crippen LogP contribution in [0.5, 0.6) is 0 Å². The summed E-state index contributed by atoms with van der Waals surface area (Å²) in [5.41, 5.74) is 0.0208. The van der Waals surface area contributed by atoms with Gasteiger partial charge in [0.25, 0.3) is 0 Å². The first-order valence-electron chi connectivity index (χ1n) is 4.20. The van der Waals surface area contributed by atoms with Crippen LogP contribution >= 0.6 is 0 Å². The fraction of sp³-hybridized carbons (Fsp3) is 1.00. The van der Waals surface area contributed by atoms with Crippen molar-refractivity contribution >= 4 is 0 Å². The second kappa shape index (κ2) is 2.46. The molecule has 2 heteroatoms. The van der Waals surface area contributed by atoms with E-state index in [0.29, 0.717) is 0 Å². The quantitative estimate of drug-likeness (QED) is 0.528. The van der Waals surface area contributed by atoms with E-state index in [0.717, 1.165) is 13.1 Å². The van der Waals surface area contributed by atoms with Crippen LogP contribution in [0.3, 0.4) is 0 Å². The molecular weight excluding hydrogens is 138 g/mol. The number of hydrogen-bond acceptors (Lipinski definition) is 2. The lowest BCUT2D eigenvalue weighted by molar-refractivity contribution is -0.175. The van der Waals surface area contributed by atoms with Gasteiger partial charge in [-0.3, -0.25) is 0 Å². The molecule has 0 atom stereocenters. The highest BCUT2D eigenvalue weighted by Crippen LogP contribution is 2.26. The number of likely N-dealkylation sites (N-methyl/N-ethyl adjacent to an activating group) is 1. The molecule has 66 valence electrons. The van der Waals surface area contributed by atoms with Crippen LogP contribution in [-0.4, -0.2) is 36.2 Å². The van der Waals surface area contributed by atoms with E-state index >= 15 is 0 Å². The third-order valence-electron chi connectivity index (χ3n) is 1.85. The average molecular weight is 157 g/mol. The molecule has 0 amide bonds. The minimum atomic E-state index is 0.0104. The Kier molecular flexibility index (Phi) is 2.01. The summed E-state index contributed by atoms with van der Waals surface area (Å²) in [5.74, 6) is 0. The summed E-state index contributed by atoms with van der Waals surface area (Å²) in [6, 6.07) is 0. The van der Waals surface area contributed by atoms with E-state index in [1.54, 1.807) is 0 Å². The standard InChI is InChI=1S/C9H19NO/c1-8(2)6-10(5)7-9(3,4)11-8/h6-7H2,1-5H3. The van der Waals surface area contributed by atoms with Gasteiger partial charge >= 0.3 is 0 Å². The van der Waals surface area contributed by atoms with Gasteiger partial charge < -0.3 is 9.64 Å². The molecule has 1 saturated heterocycles. The molecule has 1 fully saturated rings. The summed E-state index contributed by atoms with van der Waals surface area (Å²) in [4.78, 5) is 2.32. The second-order valence-electron chi connectivity index (χ2n) is 4.79. The van der Waals surface area contributed by atoms with Gasteiger partial charge in [-0.1, -0.05) is 0 Å². The molecule has 0 radical (unpaired) electrons. The van der Waals surface area contributed by atoms with E-state index in [-0.39, 0.29) is 11.2 Å². The van der Waals surface area contributed by atoms with E-state index in [4.69, 9.17) is 4.74 Å². The van der Waals surface area contributed by atoms with Crippen molar-refractivity contribution in [3.05, 3.63) is 0 Å². The Balaban J connectivity index is 2.66. The summed E-state index contributed by atoms with van der Waals surface area (Å²) >= 11 is 0. The molecule has 0 aliphatic carbocycles. The van der Waals surface area contributed by atoms with Crippen LogP contribution in [0.15, 0.2) is 0 Å². The summed E-state index contributed by atoms with van der Waals surface area (Å²) in [5, 5.41) is 0. The molecule has 0 aromatic carbocycles. The molecule has 1 aliphatic heterocycles. The number of nitrogens with zero attached hydrogens (tertiary/aromatic N) is 1. The minimum Gasteiger partial charge on any atom is -0.367 e. The largest absolute Gasteiger partial charge is 0.367 e. The first-order valence-corrected chi connectivity index (χ1v) is 4.20. The Morgan fingerprint density at radius 2 is 1.36 bits per heavy atom. The molecule has 0 unspecified atom stereocenters. The van der Waals surface area contributed by atoms with E-state index in [1.807, 2.05) is 0 Å². The molecule has 0 aromatic heterocycles. The topological polar surface area (TPSA) is 12.5 Å². The van der Waals surface area contributed by atoms with Gasteiger partial charge in [0.2, 0.25) is 0 Å². The maximum absolute atomic E-state index is 5.89. The van der Waals surface area contributed by atoms with E-state index in [2.05, 4.69) is 39.6 Å². The van der Waals surface area contributed by atoms with Crippen LogP contribution in [0, 0.1) is 0 Å². The number of ether oxygens (including phenoxy) is 1. The first kappa shape index (κ1) is 9.01. The van der Waals surface area contributed by atoms with Crippen molar-refractivity contribution in [2.75, 3.05) is 20.1 Å². The molecule has 1 heterocycles. The van der Waals surface area contributed by atoms with Crippen LogP contribution in [0.2, 0.25) is 0 Å². The van der Waals surface area contributed by atoms with E-state index < -0.39 is 0 Å². The Labute approximate surface area is 69.5 Å². The molecule has 0 bridgehead atoms.